The molecule has 9 heteroatoms. The number of fused-ring (bicyclic) bond motifs is 1. The highest BCUT2D eigenvalue weighted by Crippen LogP contribution is 2.36. The lowest BCUT2D eigenvalue weighted by Crippen LogP contribution is -2.39. The minimum atomic E-state index is 0.0826. The van der Waals surface area contributed by atoms with E-state index >= 15 is 0 Å². The molecule has 6 nitrogen and oxygen atoms in total. The Bertz CT molecular complexity index is 1070. The van der Waals surface area contributed by atoms with Crippen LogP contribution in [0.1, 0.15) is 65.0 Å². The fourth-order valence-electron chi connectivity index (χ4n) is 4.45. The predicted molar refractivity (Wildman–Crippen MR) is 121 cm³/mol. The van der Waals surface area contributed by atoms with Crippen molar-refractivity contribution < 1.29 is 4.79 Å². The zero-order chi connectivity index (χ0) is 20.7. The summed E-state index contributed by atoms with van der Waals surface area (Å²) in [6.07, 6.45) is 6.68. The summed E-state index contributed by atoms with van der Waals surface area (Å²) in [5.74, 6) is 2.52. The lowest BCUT2D eigenvalue weighted by Gasteiger charge is -2.32. The molecule has 1 unspecified atom stereocenters. The molecule has 1 amide bonds. The number of hydrogen-bond acceptors (Lipinski definition) is 6. The number of aromatic nitrogens is 4. The molecule has 3 aromatic rings. The molecular weight excluding hydrogens is 438 g/mol. The van der Waals surface area contributed by atoms with Crippen molar-refractivity contribution in [1.29, 1.82) is 0 Å². The Hall–Kier alpha value is -1.77. The molecule has 3 aromatic heterocycles. The van der Waals surface area contributed by atoms with Gasteiger partial charge in [0.25, 0.3) is 5.91 Å². The number of likely N-dealkylation sites (tertiary alicyclic amines) is 1. The van der Waals surface area contributed by atoms with Gasteiger partial charge in [-0.25, -0.2) is 4.98 Å². The van der Waals surface area contributed by atoms with E-state index in [-0.39, 0.29) is 11.8 Å². The molecule has 0 radical (unpaired) electrons. The van der Waals surface area contributed by atoms with Gasteiger partial charge < -0.3 is 9.47 Å². The molecule has 0 spiro atoms. The van der Waals surface area contributed by atoms with Crippen molar-refractivity contribution in [1.82, 2.24) is 24.6 Å². The van der Waals surface area contributed by atoms with Gasteiger partial charge in [-0.1, -0.05) is 18.0 Å². The summed E-state index contributed by atoms with van der Waals surface area (Å²) in [6.45, 7) is 4.41. The molecule has 1 saturated heterocycles. The second kappa shape index (κ2) is 8.40. The Balaban J connectivity index is 1.36. The Morgan fingerprint density at radius 3 is 2.87 bits per heavy atom. The van der Waals surface area contributed by atoms with Gasteiger partial charge in [0.15, 0.2) is 0 Å². The number of carbonyl (C=O) groups excluding carboxylic acids is 1. The van der Waals surface area contributed by atoms with Gasteiger partial charge in [-0.2, -0.15) is 0 Å². The van der Waals surface area contributed by atoms with Crippen LogP contribution in [-0.4, -0.2) is 43.6 Å². The first-order chi connectivity index (χ1) is 14.6. The molecule has 0 saturated carbocycles. The summed E-state index contributed by atoms with van der Waals surface area (Å²) in [4.78, 5) is 21.7. The first-order valence-electron chi connectivity index (χ1n) is 10.5. The van der Waals surface area contributed by atoms with Crippen LogP contribution in [0.5, 0.6) is 0 Å². The quantitative estimate of drug-likeness (QED) is 0.539. The topological polar surface area (TPSA) is 63.9 Å². The van der Waals surface area contributed by atoms with Crippen LogP contribution in [0.25, 0.3) is 9.88 Å². The predicted octanol–water partition coefficient (Wildman–Crippen LogP) is 5.17. The Morgan fingerprint density at radius 2 is 2.03 bits per heavy atom. The van der Waals surface area contributed by atoms with E-state index in [1.807, 2.05) is 24.0 Å². The van der Waals surface area contributed by atoms with Crippen molar-refractivity contribution in [2.24, 2.45) is 0 Å². The van der Waals surface area contributed by atoms with Gasteiger partial charge in [0.2, 0.25) is 0 Å². The zero-order valence-electron chi connectivity index (χ0n) is 16.9. The van der Waals surface area contributed by atoms with Gasteiger partial charge >= 0.3 is 0 Å². The number of aryl methyl sites for hydroxylation is 2. The average molecular weight is 462 g/mol. The van der Waals surface area contributed by atoms with Gasteiger partial charge in [-0.05, 0) is 44.7 Å². The van der Waals surface area contributed by atoms with Crippen molar-refractivity contribution in [3.8, 4) is 9.88 Å². The summed E-state index contributed by atoms with van der Waals surface area (Å²) in [6, 6.07) is 3.84. The fraction of sp³-hybridized carbons (Fsp3) is 0.524. The molecule has 1 fully saturated rings. The van der Waals surface area contributed by atoms with Crippen LogP contribution in [-0.2, 0) is 13.0 Å². The van der Waals surface area contributed by atoms with Gasteiger partial charge in [0.05, 0.1) is 14.9 Å². The van der Waals surface area contributed by atoms with Crippen molar-refractivity contribution >= 4 is 40.2 Å². The molecule has 2 aliphatic rings. The molecule has 1 atom stereocenters. The third-order valence-corrected chi connectivity index (χ3v) is 8.53. The summed E-state index contributed by atoms with van der Waals surface area (Å²) in [5.41, 5.74) is 0.794. The van der Waals surface area contributed by atoms with E-state index in [0.29, 0.717) is 6.54 Å². The summed E-state index contributed by atoms with van der Waals surface area (Å²) < 4.78 is 3.06. The van der Waals surface area contributed by atoms with Gasteiger partial charge in [0, 0.05) is 32.0 Å². The highest BCUT2D eigenvalue weighted by atomic mass is 35.5. The maximum absolute atomic E-state index is 13.4. The molecule has 2 aliphatic heterocycles. The molecule has 0 aliphatic carbocycles. The number of rotatable bonds is 3. The molecule has 5 rings (SSSR count). The Kier molecular flexibility index (Phi) is 5.64. The van der Waals surface area contributed by atoms with Crippen molar-refractivity contribution in [3.63, 3.8) is 0 Å². The monoisotopic (exact) mass is 461 g/mol. The van der Waals surface area contributed by atoms with E-state index in [4.69, 9.17) is 11.6 Å². The van der Waals surface area contributed by atoms with Crippen molar-refractivity contribution in [3.05, 3.63) is 38.7 Å². The summed E-state index contributed by atoms with van der Waals surface area (Å²) in [5, 5.41) is 9.88. The highest BCUT2D eigenvalue weighted by Gasteiger charge is 2.31. The summed E-state index contributed by atoms with van der Waals surface area (Å²) in [7, 11) is 0. The Labute approximate surface area is 188 Å². The van der Waals surface area contributed by atoms with Crippen LogP contribution >= 0.6 is 34.3 Å². The van der Waals surface area contributed by atoms with Crippen LogP contribution in [0, 0.1) is 6.92 Å². The van der Waals surface area contributed by atoms with Gasteiger partial charge in [0.1, 0.15) is 21.5 Å². The average Bonchev–Trinajstić information content (AvgIpc) is 3.42. The van der Waals surface area contributed by atoms with Crippen LogP contribution in [0.15, 0.2) is 12.1 Å². The number of nitrogens with zero attached hydrogens (tertiary/aromatic N) is 5. The largest absolute Gasteiger partial charge is 0.337 e. The van der Waals surface area contributed by atoms with E-state index in [0.717, 1.165) is 68.8 Å². The standard InChI is InChI=1S/C21H24ClN5OS2/c1-13-18(30-20(23-13)15-8-9-16(22)29-15)21(28)26-10-5-6-14(12-26)19-25-24-17-7-3-2-4-11-27(17)19/h8-9,14H,2-7,10-12H2,1H3. The van der Waals surface area contributed by atoms with Gasteiger partial charge in [-0.15, -0.1) is 32.9 Å². The highest BCUT2D eigenvalue weighted by molar-refractivity contribution is 7.24. The third kappa shape index (κ3) is 3.81. The van der Waals surface area contributed by atoms with E-state index in [1.165, 1.54) is 41.9 Å². The van der Waals surface area contributed by atoms with E-state index in [9.17, 15) is 4.79 Å². The number of hydrogen-bond donors (Lipinski definition) is 0. The molecular formula is C21H24ClN5OS2. The molecule has 30 heavy (non-hydrogen) atoms. The van der Waals surface area contributed by atoms with Crippen molar-refractivity contribution in [2.75, 3.05) is 13.1 Å². The smallest absolute Gasteiger partial charge is 0.265 e. The normalized spacial score (nSPS) is 19.5. The molecule has 0 bridgehead atoms. The van der Waals surface area contributed by atoms with Crippen LogP contribution in [0.2, 0.25) is 4.34 Å². The first-order valence-corrected chi connectivity index (χ1v) is 12.6. The van der Waals surface area contributed by atoms with Crippen LogP contribution < -0.4 is 0 Å². The number of carbonyl (C=O) groups is 1. The third-order valence-electron chi connectivity index (χ3n) is 5.99. The minimum Gasteiger partial charge on any atom is -0.337 e. The van der Waals surface area contributed by atoms with Crippen LogP contribution in [0.4, 0.5) is 0 Å². The summed E-state index contributed by atoms with van der Waals surface area (Å²) >= 11 is 9.04. The fourth-order valence-corrected chi connectivity index (χ4v) is 6.59. The van der Waals surface area contributed by atoms with Crippen molar-refractivity contribution in [2.45, 2.75) is 57.9 Å². The lowest BCUT2D eigenvalue weighted by molar-refractivity contribution is 0.0707. The Morgan fingerprint density at radius 1 is 1.13 bits per heavy atom. The van der Waals surface area contributed by atoms with E-state index in [2.05, 4.69) is 19.7 Å². The second-order valence-corrected chi connectivity index (χ2v) is 10.8. The zero-order valence-corrected chi connectivity index (χ0v) is 19.3. The number of amides is 1. The number of thiazole rings is 1. The van der Waals surface area contributed by atoms with Gasteiger partial charge in [-0.3, -0.25) is 4.79 Å². The number of thiophene rings is 1. The number of halogens is 1. The maximum Gasteiger partial charge on any atom is 0.265 e. The van der Waals surface area contributed by atoms with E-state index in [1.54, 1.807) is 0 Å². The minimum absolute atomic E-state index is 0.0826. The maximum atomic E-state index is 13.4. The molecule has 0 aromatic carbocycles. The first kappa shape index (κ1) is 20.2. The number of piperidine rings is 1. The molecule has 158 valence electrons. The second-order valence-electron chi connectivity index (χ2n) is 8.06. The molecule has 0 N–H and O–H groups in total. The van der Waals surface area contributed by atoms with Crippen LogP contribution in [0.3, 0.4) is 0 Å². The SMILES string of the molecule is Cc1nc(-c2ccc(Cl)s2)sc1C(=O)N1CCCC(c2nnc3n2CCCCC3)C1. The van der Waals surface area contributed by atoms with E-state index < -0.39 is 0 Å². The lowest BCUT2D eigenvalue weighted by atomic mass is 9.96. The molecule has 5 heterocycles.